The number of nitrogens with zero attached hydrogens (tertiary/aromatic N) is 2. The van der Waals surface area contributed by atoms with E-state index in [0.717, 1.165) is 25.9 Å². The van der Waals surface area contributed by atoms with Crippen LogP contribution in [-0.4, -0.2) is 68.1 Å². The molecule has 29 heavy (non-hydrogen) atoms. The Labute approximate surface area is 173 Å². The minimum Gasteiger partial charge on any atom is -0.493 e. The predicted molar refractivity (Wildman–Crippen MR) is 112 cm³/mol. The van der Waals surface area contributed by atoms with Gasteiger partial charge in [0, 0.05) is 44.4 Å². The number of hydrogen-bond acceptors (Lipinski definition) is 5. The van der Waals surface area contributed by atoms with Gasteiger partial charge < -0.3 is 19.7 Å². The lowest BCUT2D eigenvalue weighted by atomic mass is 9.94. The molecule has 1 aliphatic carbocycles. The Kier molecular flexibility index (Phi) is 7.36. The van der Waals surface area contributed by atoms with Gasteiger partial charge >= 0.3 is 0 Å². The van der Waals surface area contributed by atoms with Crippen molar-refractivity contribution in [3.05, 3.63) is 18.2 Å². The SMILES string of the molecule is CCC(=O)N1CCN([C@H](C(=O)Nc2ccc(OC)c(OC)c2)C2CCCC2)CC1. The molecule has 7 heteroatoms. The monoisotopic (exact) mass is 403 g/mol. The van der Waals surface area contributed by atoms with Crippen LogP contribution < -0.4 is 14.8 Å². The maximum absolute atomic E-state index is 13.3. The van der Waals surface area contributed by atoms with Gasteiger partial charge in [0.15, 0.2) is 11.5 Å². The molecule has 1 aromatic carbocycles. The summed E-state index contributed by atoms with van der Waals surface area (Å²) in [6.07, 6.45) is 5.06. The molecule has 1 heterocycles. The normalized spacial score (nSPS) is 19.1. The van der Waals surface area contributed by atoms with Gasteiger partial charge in [0.05, 0.1) is 20.3 Å². The van der Waals surface area contributed by atoms with Crippen LogP contribution in [0.25, 0.3) is 0 Å². The molecular weight excluding hydrogens is 370 g/mol. The number of benzene rings is 1. The summed E-state index contributed by atoms with van der Waals surface area (Å²) in [7, 11) is 3.18. The Morgan fingerprint density at radius 1 is 1.07 bits per heavy atom. The molecule has 1 saturated heterocycles. The third-order valence-corrected chi connectivity index (χ3v) is 6.13. The van der Waals surface area contributed by atoms with Gasteiger partial charge in [-0.2, -0.15) is 0 Å². The number of nitrogens with one attached hydrogen (secondary N) is 1. The molecule has 0 radical (unpaired) electrons. The number of hydrogen-bond donors (Lipinski definition) is 1. The van der Waals surface area contributed by atoms with Gasteiger partial charge in [-0.25, -0.2) is 0 Å². The van der Waals surface area contributed by atoms with Crippen molar-refractivity contribution in [1.82, 2.24) is 9.80 Å². The van der Waals surface area contributed by atoms with Crippen molar-refractivity contribution < 1.29 is 19.1 Å². The van der Waals surface area contributed by atoms with E-state index in [9.17, 15) is 9.59 Å². The Morgan fingerprint density at radius 2 is 1.72 bits per heavy atom. The van der Waals surface area contributed by atoms with Crippen LogP contribution in [0.2, 0.25) is 0 Å². The summed E-state index contributed by atoms with van der Waals surface area (Å²) >= 11 is 0. The summed E-state index contributed by atoms with van der Waals surface area (Å²) in [6, 6.07) is 5.27. The highest BCUT2D eigenvalue weighted by molar-refractivity contribution is 5.95. The van der Waals surface area contributed by atoms with Crippen molar-refractivity contribution in [2.45, 2.75) is 45.1 Å². The first-order valence-corrected chi connectivity index (χ1v) is 10.6. The van der Waals surface area contributed by atoms with Crippen LogP contribution in [0.3, 0.4) is 0 Å². The maximum atomic E-state index is 13.3. The van der Waals surface area contributed by atoms with Crippen molar-refractivity contribution in [2.75, 3.05) is 45.7 Å². The minimum atomic E-state index is -0.163. The molecule has 2 fully saturated rings. The molecule has 0 bridgehead atoms. The first-order valence-electron chi connectivity index (χ1n) is 10.6. The van der Waals surface area contributed by atoms with Gasteiger partial charge in [0.2, 0.25) is 11.8 Å². The molecule has 0 spiro atoms. The second kappa shape index (κ2) is 9.96. The van der Waals surface area contributed by atoms with Crippen molar-refractivity contribution >= 4 is 17.5 Å². The van der Waals surface area contributed by atoms with Crippen LogP contribution in [-0.2, 0) is 9.59 Å². The van der Waals surface area contributed by atoms with Crippen molar-refractivity contribution in [3.63, 3.8) is 0 Å². The predicted octanol–water partition coefficient (Wildman–Crippen LogP) is 2.76. The molecule has 1 saturated carbocycles. The van der Waals surface area contributed by atoms with Gasteiger partial charge in [-0.05, 0) is 30.9 Å². The lowest BCUT2D eigenvalue weighted by Crippen LogP contribution is -2.56. The number of carbonyl (C=O) groups is 2. The van der Waals surface area contributed by atoms with Gasteiger partial charge in [-0.3, -0.25) is 14.5 Å². The Morgan fingerprint density at radius 3 is 2.31 bits per heavy atom. The van der Waals surface area contributed by atoms with E-state index in [2.05, 4.69) is 10.2 Å². The zero-order valence-corrected chi connectivity index (χ0v) is 17.8. The van der Waals surface area contributed by atoms with Gasteiger partial charge in [0.1, 0.15) is 0 Å². The van der Waals surface area contributed by atoms with E-state index < -0.39 is 0 Å². The number of anilines is 1. The summed E-state index contributed by atoms with van der Waals surface area (Å²) in [5.41, 5.74) is 0.704. The first-order chi connectivity index (χ1) is 14.1. The van der Waals surface area contributed by atoms with E-state index in [1.54, 1.807) is 26.4 Å². The quantitative estimate of drug-likeness (QED) is 0.758. The van der Waals surface area contributed by atoms with Crippen molar-refractivity contribution in [3.8, 4) is 11.5 Å². The van der Waals surface area contributed by atoms with Crippen LogP contribution in [0, 0.1) is 5.92 Å². The van der Waals surface area contributed by atoms with Crippen LogP contribution >= 0.6 is 0 Å². The van der Waals surface area contributed by atoms with E-state index >= 15 is 0 Å². The Bertz CT molecular complexity index is 710. The highest BCUT2D eigenvalue weighted by Crippen LogP contribution is 2.33. The van der Waals surface area contributed by atoms with E-state index in [1.165, 1.54) is 12.8 Å². The van der Waals surface area contributed by atoms with Crippen LogP contribution in [0.15, 0.2) is 18.2 Å². The van der Waals surface area contributed by atoms with E-state index in [0.29, 0.717) is 42.6 Å². The molecular formula is C22H33N3O4. The molecule has 2 aliphatic rings. The average Bonchev–Trinajstić information content (AvgIpc) is 3.28. The zero-order chi connectivity index (χ0) is 20.8. The Hall–Kier alpha value is -2.28. The molecule has 2 amide bonds. The van der Waals surface area contributed by atoms with E-state index in [1.807, 2.05) is 17.9 Å². The fraction of sp³-hybridized carbons (Fsp3) is 0.636. The highest BCUT2D eigenvalue weighted by atomic mass is 16.5. The molecule has 3 rings (SSSR count). The molecule has 160 valence electrons. The van der Waals surface area contributed by atoms with Crippen LogP contribution in [0.5, 0.6) is 11.5 Å². The first kappa shape index (κ1) is 21.4. The van der Waals surface area contributed by atoms with Crippen LogP contribution in [0.1, 0.15) is 39.0 Å². The molecule has 1 atom stereocenters. The third kappa shape index (κ3) is 5.01. The molecule has 0 unspecified atom stereocenters. The van der Waals surface area contributed by atoms with Crippen molar-refractivity contribution in [2.24, 2.45) is 5.92 Å². The van der Waals surface area contributed by atoms with Gasteiger partial charge in [0.25, 0.3) is 0 Å². The molecule has 1 N–H and O–H groups in total. The third-order valence-electron chi connectivity index (χ3n) is 6.13. The lowest BCUT2D eigenvalue weighted by molar-refractivity contribution is -0.134. The summed E-state index contributed by atoms with van der Waals surface area (Å²) < 4.78 is 10.6. The summed E-state index contributed by atoms with van der Waals surface area (Å²) in [6.45, 7) is 4.77. The van der Waals surface area contributed by atoms with E-state index in [-0.39, 0.29) is 17.9 Å². The summed E-state index contributed by atoms with van der Waals surface area (Å²) in [5, 5.41) is 3.09. The van der Waals surface area contributed by atoms with E-state index in [4.69, 9.17) is 9.47 Å². The number of methoxy groups -OCH3 is 2. The molecule has 1 aliphatic heterocycles. The number of rotatable bonds is 7. The number of piperazine rings is 1. The molecule has 0 aromatic heterocycles. The molecule has 7 nitrogen and oxygen atoms in total. The number of amides is 2. The maximum Gasteiger partial charge on any atom is 0.242 e. The Balaban J connectivity index is 1.72. The summed E-state index contributed by atoms with van der Waals surface area (Å²) in [4.78, 5) is 29.5. The van der Waals surface area contributed by atoms with Gasteiger partial charge in [-0.1, -0.05) is 19.8 Å². The van der Waals surface area contributed by atoms with Gasteiger partial charge in [-0.15, -0.1) is 0 Å². The average molecular weight is 404 g/mol. The highest BCUT2D eigenvalue weighted by Gasteiger charge is 2.37. The lowest BCUT2D eigenvalue weighted by Gasteiger charge is -2.40. The second-order valence-electron chi connectivity index (χ2n) is 7.82. The topological polar surface area (TPSA) is 71.1 Å². The van der Waals surface area contributed by atoms with Crippen molar-refractivity contribution in [1.29, 1.82) is 0 Å². The zero-order valence-electron chi connectivity index (χ0n) is 17.8. The largest absolute Gasteiger partial charge is 0.493 e. The molecule has 1 aromatic rings. The number of carbonyl (C=O) groups excluding carboxylic acids is 2. The number of ether oxygens (including phenoxy) is 2. The van der Waals surface area contributed by atoms with Crippen LogP contribution in [0.4, 0.5) is 5.69 Å². The fourth-order valence-corrected chi connectivity index (χ4v) is 4.55. The fourth-order valence-electron chi connectivity index (χ4n) is 4.55. The smallest absolute Gasteiger partial charge is 0.242 e. The summed E-state index contributed by atoms with van der Waals surface area (Å²) in [5.74, 6) is 1.81. The minimum absolute atomic E-state index is 0.0272. The standard InChI is InChI=1S/C22H33N3O4/c1-4-20(26)24-11-13-25(14-12-24)21(16-7-5-6-8-16)22(27)23-17-9-10-18(28-2)19(15-17)29-3/h9-10,15-16,21H,4-8,11-14H2,1-3H3,(H,23,27)/t21-/m0/s1. The second-order valence-corrected chi connectivity index (χ2v) is 7.82.